The first-order chi connectivity index (χ1) is 8.08. The Morgan fingerprint density at radius 3 is 2.71 bits per heavy atom. The maximum Gasteiger partial charge on any atom is 0.330 e. The molecule has 1 unspecified atom stereocenters. The summed E-state index contributed by atoms with van der Waals surface area (Å²) in [6, 6.07) is 6.83. The van der Waals surface area contributed by atoms with Crippen molar-refractivity contribution in [2.45, 2.75) is 6.04 Å². The maximum absolute atomic E-state index is 11.5. The number of anilines is 1. The van der Waals surface area contributed by atoms with Gasteiger partial charge in [0.15, 0.2) is 6.04 Å². The van der Waals surface area contributed by atoms with Crippen LogP contribution in [0.1, 0.15) is 5.56 Å². The Kier molecular flexibility index (Phi) is 4.20. The van der Waals surface area contributed by atoms with Crippen molar-refractivity contribution >= 4 is 17.6 Å². The lowest BCUT2D eigenvalue weighted by atomic mass is 10.2. The summed E-state index contributed by atoms with van der Waals surface area (Å²) in [5.41, 5.74) is 0.773. The molecule has 88 valence electrons. The topological polar surface area (TPSA) is 102 Å². The first-order valence-corrected chi connectivity index (χ1v) is 4.79. The van der Waals surface area contributed by atoms with Crippen LogP contribution in [0.25, 0.3) is 0 Å². The fourth-order valence-corrected chi connectivity index (χ4v) is 1.25. The summed E-state index contributed by atoms with van der Waals surface area (Å²) in [7, 11) is 1.38. The summed E-state index contributed by atoms with van der Waals surface area (Å²) in [5, 5.41) is 22.2. The van der Waals surface area contributed by atoms with Crippen molar-refractivity contribution in [3.05, 3.63) is 29.8 Å². The number of nitriles is 1. The minimum atomic E-state index is -1.32. The van der Waals surface area contributed by atoms with Gasteiger partial charge in [-0.1, -0.05) is 6.07 Å². The number of carboxylic acid groups (broad SMARTS) is 1. The van der Waals surface area contributed by atoms with Crippen molar-refractivity contribution in [2.24, 2.45) is 0 Å². The largest absolute Gasteiger partial charge is 0.480 e. The van der Waals surface area contributed by atoms with Crippen LogP contribution in [0.4, 0.5) is 5.69 Å². The normalized spacial score (nSPS) is 11.3. The van der Waals surface area contributed by atoms with Gasteiger partial charge in [0.25, 0.3) is 5.91 Å². The number of aliphatic carboxylic acids is 1. The molecule has 0 saturated carbocycles. The smallest absolute Gasteiger partial charge is 0.330 e. The molecular weight excluding hydrogens is 222 g/mol. The van der Waals surface area contributed by atoms with Crippen LogP contribution in [-0.4, -0.2) is 30.1 Å². The zero-order valence-corrected chi connectivity index (χ0v) is 9.10. The second kappa shape index (κ2) is 5.63. The standard InChI is InChI=1S/C11H11N3O3/c1-13-9(11(16)17)10(15)14-8-4-2-3-7(5-8)6-12/h2-5,9,13H,1H3,(H,14,15)(H,16,17). The molecule has 0 aromatic heterocycles. The van der Waals surface area contributed by atoms with E-state index in [9.17, 15) is 9.59 Å². The van der Waals surface area contributed by atoms with Gasteiger partial charge in [0.05, 0.1) is 11.6 Å². The minimum absolute atomic E-state index is 0.385. The molecule has 0 radical (unpaired) electrons. The number of carbonyl (C=O) groups excluding carboxylic acids is 1. The van der Waals surface area contributed by atoms with E-state index in [1.807, 2.05) is 6.07 Å². The molecular formula is C11H11N3O3. The van der Waals surface area contributed by atoms with E-state index < -0.39 is 17.9 Å². The molecule has 0 aliphatic carbocycles. The molecule has 0 saturated heterocycles. The van der Waals surface area contributed by atoms with Crippen molar-refractivity contribution in [3.8, 4) is 6.07 Å². The van der Waals surface area contributed by atoms with Crippen molar-refractivity contribution in [2.75, 3.05) is 12.4 Å². The molecule has 6 heteroatoms. The summed E-state index contributed by atoms with van der Waals surface area (Å²) >= 11 is 0. The van der Waals surface area contributed by atoms with Crippen LogP contribution in [-0.2, 0) is 9.59 Å². The molecule has 17 heavy (non-hydrogen) atoms. The molecule has 0 aliphatic heterocycles. The number of benzene rings is 1. The van der Waals surface area contributed by atoms with Crippen LogP contribution in [0.3, 0.4) is 0 Å². The van der Waals surface area contributed by atoms with Gasteiger partial charge in [-0.05, 0) is 25.2 Å². The Morgan fingerprint density at radius 2 is 2.18 bits per heavy atom. The van der Waals surface area contributed by atoms with Crippen molar-refractivity contribution in [1.82, 2.24) is 5.32 Å². The minimum Gasteiger partial charge on any atom is -0.480 e. The number of carbonyl (C=O) groups is 2. The molecule has 1 aromatic rings. The Bertz CT molecular complexity index is 479. The van der Waals surface area contributed by atoms with E-state index in [0.717, 1.165) is 0 Å². The average Bonchev–Trinajstić information content (AvgIpc) is 2.29. The third kappa shape index (κ3) is 3.29. The van der Waals surface area contributed by atoms with E-state index in [2.05, 4.69) is 10.6 Å². The molecule has 1 atom stereocenters. The number of likely N-dealkylation sites (N-methyl/N-ethyl adjacent to an activating group) is 1. The van der Waals surface area contributed by atoms with E-state index in [0.29, 0.717) is 11.3 Å². The number of carboxylic acids is 1. The highest BCUT2D eigenvalue weighted by molar-refractivity contribution is 6.07. The average molecular weight is 233 g/mol. The van der Waals surface area contributed by atoms with Crippen molar-refractivity contribution < 1.29 is 14.7 Å². The Balaban J connectivity index is 2.80. The second-order valence-electron chi connectivity index (χ2n) is 3.24. The SMILES string of the molecule is CNC(C(=O)O)C(=O)Nc1cccc(C#N)c1. The highest BCUT2D eigenvalue weighted by Gasteiger charge is 2.23. The summed E-state index contributed by atoms with van der Waals surface area (Å²) in [6.07, 6.45) is 0. The van der Waals surface area contributed by atoms with Gasteiger partial charge in [0, 0.05) is 5.69 Å². The molecule has 0 heterocycles. The number of amides is 1. The third-order valence-electron chi connectivity index (χ3n) is 2.06. The molecule has 1 aromatic carbocycles. The molecule has 6 nitrogen and oxygen atoms in total. The van der Waals surface area contributed by atoms with Crippen LogP contribution < -0.4 is 10.6 Å². The van der Waals surface area contributed by atoms with Crippen LogP contribution in [0.2, 0.25) is 0 Å². The van der Waals surface area contributed by atoms with Gasteiger partial charge in [-0.3, -0.25) is 10.1 Å². The third-order valence-corrected chi connectivity index (χ3v) is 2.06. The van der Waals surface area contributed by atoms with Gasteiger partial charge in [-0.25, -0.2) is 4.79 Å². The Hall–Kier alpha value is -2.39. The second-order valence-corrected chi connectivity index (χ2v) is 3.24. The van der Waals surface area contributed by atoms with E-state index >= 15 is 0 Å². The molecule has 1 rings (SSSR count). The van der Waals surface area contributed by atoms with E-state index in [4.69, 9.17) is 10.4 Å². The Labute approximate surface area is 97.9 Å². The van der Waals surface area contributed by atoms with Crippen LogP contribution >= 0.6 is 0 Å². The quantitative estimate of drug-likeness (QED) is 0.643. The summed E-state index contributed by atoms with van der Waals surface area (Å²) < 4.78 is 0. The zero-order valence-electron chi connectivity index (χ0n) is 9.10. The molecule has 0 spiro atoms. The fraction of sp³-hybridized carbons (Fsp3) is 0.182. The fourth-order valence-electron chi connectivity index (χ4n) is 1.25. The molecule has 3 N–H and O–H groups in total. The summed E-state index contributed by atoms with van der Waals surface area (Å²) in [5.74, 6) is -1.95. The van der Waals surface area contributed by atoms with Gasteiger partial charge < -0.3 is 10.4 Å². The first kappa shape index (κ1) is 12.7. The van der Waals surface area contributed by atoms with Gasteiger partial charge in [0.1, 0.15) is 0 Å². The van der Waals surface area contributed by atoms with E-state index in [1.54, 1.807) is 18.2 Å². The molecule has 0 fully saturated rings. The molecule has 1 amide bonds. The number of rotatable bonds is 4. The van der Waals surface area contributed by atoms with Crippen LogP contribution in [0.5, 0.6) is 0 Å². The highest BCUT2D eigenvalue weighted by Crippen LogP contribution is 2.09. The monoisotopic (exact) mass is 233 g/mol. The number of nitrogens with one attached hydrogen (secondary N) is 2. The lowest BCUT2D eigenvalue weighted by Gasteiger charge is -2.11. The predicted molar refractivity (Wildman–Crippen MR) is 60.3 cm³/mol. The Morgan fingerprint density at radius 1 is 1.47 bits per heavy atom. The zero-order chi connectivity index (χ0) is 12.8. The maximum atomic E-state index is 11.5. The summed E-state index contributed by atoms with van der Waals surface area (Å²) in [4.78, 5) is 22.3. The lowest BCUT2D eigenvalue weighted by molar-refractivity contribution is -0.142. The molecule has 0 bridgehead atoms. The molecule has 0 aliphatic rings. The highest BCUT2D eigenvalue weighted by atomic mass is 16.4. The van der Waals surface area contributed by atoms with Gasteiger partial charge >= 0.3 is 5.97 Å². The number of hydrogen-bond acceptors (Lipinski definition) is 4. The number of nitrogens with zero attached hydrogens (tertiary/aromatic N) is 1. The van der Waals surface area contributed by atoms with Gasteiger partial charge in [-0.15, -0.1) is 0 Å². The lowest BCUT2D eigenvalue weighted by Crippen LogP contribution is -2.44. The number of hydrogen-bond donors (Lipinski definition) is 3. The van der Waals surface area contributed by atoms with Gasteiger partial charge in [0.2, 0.25) is 0 Å². The summed E-state index contributed by atoms with van der Waals surface area (Å²) in [6.45, 7) is 0. The predicted octanol–water partition coefficient (Wildman–Crippen LogP) is 0.169. The van der Waals surface area contributed by atoms with Crippen molar-refractivity contribution in [1.29, 1.82) is 5.26 Å². The van der Waals surface area contributed by atoms with Crippen LogP contribution in [0.15, 0.2) is 24.3 Å². The van der Waals surface area contributed by atoms with Crippen molar-refractivity contribution in [3.63, 3.8) is 0 Å². The van der Waals surface area contributed by atoms with Crippen LogP contribution in [0, 0.1) is 11.3 Å². The van der Waals surface area contributed by atoms with Gasteiger partial charge in [-0.2, -0.15) is 5.26 Å². The first-order valence-electron chi connectivity index (χ1n) is 4.79. The van der Waals surface area contributed by atoms with E-state index in [1.165, 1.54) is 13.1 Å². The van der Waals surface area contributed by atoms with E-state index in [-0.39, 0.29) is 0 Å².